The van der Waals surface area contributed by atoms with Crippen molar-refractivity contribution in [3.05, 3.63) is 60.2 Å². The zero-order chi connectivity index (χ0) is 28.0. The number of carbonyl (C=O) groups excluding carboxylic acids is 2. The van der Waals surface area contributed by atoms with Crippen molar-refractivity contribution in [1.82, 2.24) is 20.6 Å². The number of hydrogen-bond acceptors (Lipinski definition) is 10. The highest BCUT2D eigenvalue weighted by Gasteiger charge is 2.33. The molecule has 1 aromatic carbocycles. The van der Waals surface area contributed by atoms with Crippen LogP contribution in [-0.4, -0.2) is 80.2 Å². The molecule has 5 heterocycles. The summed E-state index contributed by atoms with van der Waals surface area (Å²) >= 11 is 0. The van der Waals surface area contributed by atoms with E-state index in [4.69, 9.17) is 18.9 Å². The van der Waals surface area contributed by atoms with E-state index >= 15 is 0 Å². The van der Waals surface area contributed by atoms with E-state index < -0.39 is 6.09 Å². The van der Waals surface area contributed by atoms with Crippen molar-refractivity contribution in [3.8, 4) is 22.9 Å². The number of benzene rings is 1. The van der Waals surface area contributed by atoms with Crippen molar-refractivity contribution in [2.24, 2.45) is 0 Å². The molecule has 0 saturated carbocycles. The van der Waals surface area contributed by atoms with E-state index in [1.807, 2.05) is 30.3 Å². The second-order valence-electron chi connectivity index (χ2n) is 10.0. The van der Waals surface area contributed by atoms with Crippen LogP contribution < -0.4 is 30.3 Å². The molecule has 214 valence electrons. The normalized spacial score (nSPS) is 20.1. The van der Waals surface area contributed by atoms with Gasteiger partial charge < -0.3 is 34.9 Å². The van der Waals surface area contributed by atoms with Crippen molar-refractivity contribution >= 4 is 23.6 Å². The van der Waals surface area contributed by atoms with Gasteiger partial charge in [0.15, 0.2) is 18.2 Å². The SMILES string of the molecule is O=C1COc2ccc(N3CC(CCNCc4cccc(-c5cccc(OC[C@@H]6CNCCO6)n5)c4)OC3=O)nc2N1. The third-order valence-electron chi connectivity index (χ3n) is 6.95. The fraction of sp³-hybridized carbons (Fsp3) is 0.379. The Bertz CT molecular complexity index is 1400. The number of nitrogens with zero attached hydrogens (tertiary/aromatic N) is 3. The quantitative estimate of drug-likeness (QED) is 0.317. The van der Waals surface area contributed by atoms with Gasteiger partial charge in [-0.1, -0.05) is 24.3 Å². The van der Waals surface area contributed by atoms with Crippen LogP contribution in [0.5, 0.6) is 11.6 Å². The number of amides is 2. The number of hydrogen-bond donors (Lipinski definition) is 3. The molecule has 3 aromatic rings. The summed E-state index contributed by atoms with van der Waals surface area (Å²) in [5, 5.41) is 9.40. The van der Waals surface area contributed by atoms with Crippen molar-refractivity contribution in [2.45, 2.75) is 25.2 Å². The fourth-order valence-corrected chi connectivity index (χ4v) is 4.86. The number of fused-ring (bicyclic) bond motifs is 1. The van der Waals surface area contributed by atoms with E-state index in [1.165, 1.54) is 4.90 Å². The van der Waals surface area contributed by atoms with E-state index in [-0.39, 0.29) is 24.7 Å². The molecule has 12 heteroatoms. The highest BCUT2D eigenvalue weighted by atomic mass is 16.6. The molecule has 2 amide bonds. The Morgan fingerprint density at radius 3 is 2.90 bits per heavy atom. The highest BCUT2D eigenvalue weighted by Crippen LogP contribution is 2.30. The molecule has 2 fully saturated rings. The van der Waals surface area contributed by atoms with Crippen LogP contribution in [0.25, 0.3) is 11.3 Å². The van der Waals surface area contributed by atoms with Gasteiger partial charge in [-0.3, -0.25) is 9.69 Å². The third-order valence-corrected chi connectivity index (χ3v) is 6.95. The lowest BCUT2D eigenvalue weighted by molar-refractivity contribution is -0.118. The van der Waals surface area contributed by atoms with Gasteiger partial charge in [0.05, 0.1) is 18.8 Å². The van der Waals surface area contributed by atoms with Gasteiger partial charge in [0.2, 0.25) is 5.88 Å². The Hall–Kier alpha value is -4.26. The maximum absolute atomic E-state index is 12.5. The topological polar surface area (TPSA) is 136 Å². The van der Waals surface area contributed by atoms with Gasteiger partial charge in [-0.2, -0.15) is 0 Å². The maximum Gasteiger partial charge on any atom is 0.415 e. The van der Waals surface area contributed by atoms with Gasteiger partial charge in [-0.25, -0.2) is 14.8 Å². The Labute approximate surface area is 237 Å². The number of ether oxygens (including phenoxy) is 4. The summed E-state index contributed by atoms with van der Waals surface area (Å²) in [6.07, 6.45) is -0.0564. The minimum atomic E-state index is -0.458. The average Bonchev–Trinajstić information content (AvgIpc) is 3.39. The van der Waals surface area contributed by atoms with E-state index in [2.05, 4.69) is 38.1 Å². The van der Waals surface area contributed by atoms with Gasteiger partial charge in [-0.05, 0) is 42.8 Å². The van der Waals surface area contributed by atoms with Crippen molar-refractivity contribution in [3.63, 3.8) is 0 Å². The summed E-state index contributed by atoms with van der Waals surface area (Å²) in [5.41, 5.74) is 2.96. The van der Waals surface area contributed by atoms with Crippen LogP contribution in [-0.2, 0) is 20.8 Å². The molecule has 0 bridgehead atoms. The predicted molar refractivity (Wildman–Crippen MR) is 150 cm³/mol. The summed E-state index contributed by atoms with van der Waals surface area (Å²) in [7, 11) is 0. The van der Waals surface area contributed by atoms with Crippen molar-refractivity contribution in [1.29, 1.82) is 0 Å². The lowest BCUT2D eigenvalue weighted by Crippen LogP contribution is -2.41. The van der Waals surface area contributed by atoms with Gasteiger partial charge in [0.25, 0.3) is 5.91 Å². The number of rotatable bonds is 10. The maximum atomic E-state index is 12.5. The van der Waals surface area contributed by atoms with Gasteiger partial charge in [-0.15, -0.1) is 0 Å². The van der Waals surface area contributed by atoms with Crippen LogP contribution >= 0.6 is 0 Å². The first-order valence-corrected chi connectivity index (χ1v) is 13.7. The smallest absolute Gasteiger partial charge is 0.415 e. The number of pyridine rings is 2. The van der Waals surface area contributed by atoms with Crippen LogP contribution in [0.3, 0.4) is 0 Å². The van der Waals surface area contributed by atoms with Gasteiger partial charge in [0.1, 0.15) is 24.6 Å². The van der Waals surface area contributed by atoms with Gasteiger partial charge in [0, 0.05) is 31.3 Å². The van der Waals surface area contributed by atoms with E-state index in [0.29, 0.717) is 62.5 Å². The first-order valence-electron chi connectivity index (χ1n) is 13.7. The molecule has 3 aliphatic heterocycles. The summed E-state index contributed by atoms with van der Waals surface area (Å²) in [6, 6.07) is 17.4. The second kappa shape index (κ2) is 12.5. The van der Waals surface area contributed by atoms with E-state index in [9.17, 15) is 9.59 Å². The Balaban J connectivity index is 0.981. The lowest BCUT2D eigenvalue weighted by atomic mass is 10.1. The van der Waals surface area contributed by atoms with Crippen LogP contribution in [0.15, 0.2) is 54.6 Å². The molecule has 1 unspecified atom stereocenters. The summed E-state index contributed by atoms with van der Waals surface area (Å²) < 4.78 is 22.5. The summed E-state index contributed by atoms with van der Waals surface area (Å²) in [4.78, 5) is 34.6. The number of anilines is 2. The minimum Gasteiger partial charge on any atom is -0.480 e. The highest BCUT2D eigenvalue weighted by molar-refractivity contribution is 5.95. The van der Waals surface area contributed by atoms with Crippen LogP contribution in [0, 0.1) is 0 Å². The molecule has 2 aromatic heterocycles. The Kier molecular flexibility index (Phi) is 8.21. The molecule has 6 rings (SSSR count). The first kappa shape index (κ1) is 26.9. The molecular weight excluding hydrogens is 528 g/mol. The number of carbonyl (C=O) groups is 2. The third kappa shape index (κ3) is 6.73. The molecule has 0 aliphatic carbocycles. The van der Waals surface area contributed by atoms with E-state index in [1.54, 1.807) is 12.1 Å². The second-order valence-corrected chi connectivity index (χ2v) is 10.0. The summed E-state index contributed by atoms with van der Waals surface area (Å²) in [6.45, 7) is 4.45. The molecule has 0 radical (unpaired) electrons. The fourth-order valence-electron chi connectivity index (χ4n) is 4.86. The number of morpholine rings is 1. The lowest BCUT2D eigenvalue weighted by Gasteiger charge is -2.23. The Morgan fingerprint density at radius 2 is 2.00 bits per heavy atom. The van der Waals surface area contributed by atoms with Gasteiger partial charge >= 0.3 is 6.09 Å². The standard InChI is InChI=1S/C29H32N6O6/c36-26-18-39-24-7-8-25(33-28(24)34-26)35-16-21(41-29(35)37)9-10-30-14-19-3-1-4-20(13-19)23-5-2-6-27(32-23)40-17-22-15-31-11-12-38-22/h1-8,13,21-22,30-31H,9-12,14-18H2,(H,33,34,36)/t21?,22-/m0/s1. The molecule has 41 heavy (non-hydrogen) atoms. The van der Waals surface area contributed by atoms with Crippen LogP contribution in [0.4, 0.5) is 16.4 Å². The largest absolute Gasteiger partial charge is 0.480 e. The molecule has 12 nitrogen and oxygen atoms in total. The molecule has 3 aliphatic rings. The zero-order valence-corrected chi connectivity index (χ0v) is 22.5. The molecular formula is C29H32N6O6. The van der Waals surface area contributed by atoms with E-state index in [0.717, 1.165) is 29.9 Å². The van der Waals surface area contributed by atoms with Crippen molar-refractivity contribution in [2.75, 3.05) is 56.2 Å². The van der Waals surface area contributed by atoms with Crippen molar-refractivity contribution < 1.29 is 28.5 Å². The molecule has 0 spiro atoms. The number of aromatic nitrogens is 2. The molecule has 2 atom stereocenters. The Morgan fingerprint density at radius 1 is 1.07 bits per heavy atom. The first-order chi connectivity index (χ1) is 20.1. The molecule has 2 saturated heterocycles. The molecule has 3 N–H and O–H groups in total. The van der Waals surface area contributed by atoms with Crippen LogP contribution in [0.1, 0.15) is 12.0 Å². The monoisotopic (exact) mass is 560 g/mol. The average molecular weight is 561 g/mol. The summed E-state index contributed by atoms with van der Waals surface area (Å²) in [5.74, 6) is 1.49. The number of cyclic esters (lactones) is 1. The zero-order valence-electron chi connectivity index (χ0n) is 22.5. The van der Waals surface area contributed by atoms with Crippen LogP contribution in [0.2, 0.25) is 0 Å². The number of nitrogens with one attached hydrogen (secondary N) is 3. The minimum absolute atomic E-state index is 0.0269. The predicted octanol–water partition coefficient (Wildman–Crippen LogP) is 2.35.